The predicted octanol–water partition coefficient (Wildman–Crippen LogP) is 1.70. The largest absolute Gasteiger partial charge is 0.334 e. The zero-order valence-electron chi connectivity index (χ0n) is 14.5. The number of amides is 5. The van der Waals surface area contributed by atoms with Crippen LogP contribution in [0.1, 0.15) is 37.7 Å². The summed E-state index contributed by atoms with van der Waals surface area (Å²) in [6, 6.07) is 6.78. The molecule has 0 aromatic heterocycles. The van der Waals surface area contributed by atoms with E-state index in [1.54, 1.807) is 4.90 Å². The normalized spacial score (nSPS) is 20.9. The van der Waals surface area contributed by atoms with Gasteiger partial charge in [0.1, 0.15) is 6.54 Å². The zero-order chi connectivity index (χ0) is 18.3. The maximum Gasteiger partial charge on any atom is 0.334 e. The van der Waals surface area contributed by atoms with Crippen molar-refractivity contribution in [2.24, 2.45) is 0 Å². The summed E-state index contributed by atoms with van der Waals surface area (Å²) in [7, 11) is 0. The molecule has 2 aliphatic heterocycles. The van der Waals surface area contributed by atoms with Gasteiger partial charge in [-0.05, 0) is 37.3 Å². The van der Waals surface area contributed by atoms with Crippen molar-refractivity contribution in [1.82, 2.24) is 9.80 Å². The van der Waals surface area contributed by atoms with Gasteiger partial charge in [-0.1, -0.05) is 31.0 Å². The first-order valence-corrected chi connectivity index (χ1v) is 9.15. The van der Waals surface area contributed by atoms with Crippen LogP contribution in [0.5, 0.6) is 0 Å². The van der Waals surface area contributed by atoms with Crippen LogP contribution in [-0.2, 0) is 20.8 Å². The third-order valence-corrected chi connectivity index (χ3v) is 5.48. The minimum absolute atomic E-state index is 0.213. The lowest BCUT2D eigenvalue weighted by molar-refractivity contribution is -0.144. The molecule has 7 nitrogen and oxygen atoms in total. The molecule has 0 N–H and O–H groups in total. The Labute approximate surface area is 151 Å². The van der Waals surface area contributed by atoms with Gasteiger partial charge in [0.2, 0.25) is 5.91 Å². The predicted molar refractivity (Wildman–Crippen MR) is 93.3 cm³/mol. The van der Waals surface area contributed by atoms with Crippen LogP contribution < -0.4 is 4.90 Å². The molecule has 1 aliphatic carbocycles. The van der Waals surface area contributed by atoms with Crippen LogP contribution in [0.3, 0.4) is 0 Å². The molecule has 5 amide bonds. The Morgan fingerprint density at radius 2 is 1.73 bits per heavy atom. The Bertz CT molecular complexity index is 785. The topological polar surface area (TPSA) is 78.0 Å². The molecule has 1 aromatic rings. The summed E-state index contributed by atoms with van der Waals surface area (Å²) < 4.78 is 0. The molecule has 2 heterocycles. The van der Waals surface area contributed by atoms with Crippen molar-refractivity contribution >= 4 is 29.4 Å². The number of anilines is 1. The van der Waals surface area contributed by atoms with Crippen LogP contribution in [0.4, 0.5) is 10.5 Å². The van der Waals surface area contributed by atoms with Gasteiger partial charge in [0.05, 0.1) is 0 Å². The van der Waals surface area contributed by atoms with Gasteiger partial charge in [-0.25, -0.2) is 9.69 Å². The summed E-state index contributed by atoms with van der Waals surface area (Å²) in [5, 5.41) is 0. The molecule has 3 aliphatic rings. The van der Waals surface area contributed by atoms with Crippen molar-refractivity contribution in [3.63, 3.8) is 0 Å². The fourth-order valence-corrected chi connectivity index (χ4v) is 4.16. The minimum Gasteiger partial charge on any atom is -0.311 e. The molecule has 1 saturated carbocycles. The van der Waals surface area contributed by atoms with E-state index in [0.717, 1.165) is 59.6 Å². The van der Waals surface area contributed by atoms with Crippen molar-refractivity contribution < 1.29 is 19.2 Å². The van der Waals surface area contributed by atoms with E-state index in [4.69, 9.17) is 0 Å². The Kier molecular flexibility index (Phi) is 4.22. The smallest absolute Gasteiger partial charge is 0.311 e. The molecule has 0 radical (unpaired) electrons. The number of nitrogens with zero attached hydrogens (tertiary/aromatic N) is 3. The third kappa shape index (κ3) is 2.67. The monoisotopic (exact) mass is 355 g/mol. The van der Waals surface area contributed by atoms with E-state index in [1.807, 2.05) is 24.3 Å². The number of imide groups is 2. The summed E-state index contributed by atoms with van der Waals surface area (Å²) in [5.41, 5.74) is 1.90. The lowest BCUT2D eigenvalue weighted by Crippen LogP contribution is -2.46. The molecule has 136 valence electrons. The maximum absolute atomic E-state index is 12.8. The summed E-state index contributed by atoms with van der Waals surface area (Å²) in [6.45, 7) is 0.160. The standard InChI is InChI=1S/C19H21N3O4/c23-16(20-11-5-7-13-6-1-4-10-15(13)20)12-21-17(24)18(25)22(19(21)26)14-8-2-3-9-14/h1,4,6,10,14H,2-3,5,7-9,11-12H2. The number of benzene rings is 1. The second-order valence-corrected chi connectivity index (χ2v) is 7.06. The summed E-state index contributed by atoms with van der Waals surface area (Å²) >= 11 is 0. The van der Waals surface area contributed by atoms with Crippen LogP contribution in [0, 0.1) is 0 Å². The molecule has 2 fully saturated rings. The van der Waals surface area contributed by atoms with Crippen molar-refractivity contribution in [2.75, 3.05) is 18.0 Å². The Morgan fingerprint density at radius 1 is 1.00 bits per heavy atom. The van der Waals surface area contributed by atoms with Gasteiger partial charge in [-0.2, -0.15) is 0 Å². The van der Waals surface area contributed by atoms with Gasteiger partial charge in [0.15, 0.2) is 0 Å². The second-order valence-electron chi connectivity index (χ2n) is 7.06. The van der Waals surface area contributed by atoms with Crippen molar-refractivity contribution in [3.8, 4) is 0 Å². The lowest BCUT2D eigenvalue weighted by Gasteiger charge is -2.30. The van der Waals surface area contributed by atoms with Gasteiger partial charge in [-0.3, -0.25) is 19.3 Å². The lowest BCUT2D eigenvalue weighted by atomic mass is 10.0. The minimum atomic E-state index is -0.888. The number of fused-ring (bicyclic) bond motifs is 1. The number of hydrogen-bond donors (Lipinski definition) is 0. The molecule has 1 aromatic carbocycles. The Hall–Kier alpha value is -2.70. The van der Waals surface area contributed by atoms with E-state index in [1.165, 1.54) is 0 Å². The summed E-state index contributed by atoms with van der Waals surface area (Å²) in [4.78, 5) is 53.4. The molecule has 26 heavy (non-hydrogen) atoms. The van der Waals surface area contributed by atoms with E-state index in [0.29, 0.717) is 6.54 Å². The first-order valence-electron chi connectivity index (χ1n) is 9.15. The number of hydrogen-bond acceptors (Lipinski definition) is 4. The molecule has 0 bridgehead atoms. The molecule has 7 heteroatoms. The third-order valence-electron chi connectivity index (χ3n) is 5.48. The van der Waals surface area contributed by atoms with E-state index in [2.05, 4.69) is 0 Å². The molecular weight excluding hydrogens is 334 g/mol. The fourth-order valence-electron chi connectivity index (χ4n) is 4.16. The summed E-state index contributed by atoms with van der Waals surface area (Å²) in [6.07, 6.45) is 5.07. The van der Waals surface area contributed by atoms with Gasteiger partial charge < -0.3 is 4.90 Å². The van der Waals surface area contributed by atoms with E-state index in [-0.39, 0.29) is 18.5 Å². The van der Waals surface area contributed by atoms with Crippen LogP contribution >= 0.6 is 0 Å². The molecule has 0 spiro atoms. The number of urea groups is 1. The second kappa shape index (κ2) is 6.55. The van der Waals surface area contributed by atoms with Gasteiger partial charge in [-0.15, -0.1) is 0 Å². The number of aryl methyl sites for hydroxylation is 1. The van der Waals surface area contributed by atoms with Crippen molar-refractivity contribution in [3.05, 3.63) is 29.8 Å². The quantitative estimate of drug-likeness (QED) is 0.611. The van der Waals surface area contributed by atoms with Crippen LogP contribution in [0.2, 0.25) is 0 Å². The first-order chi connectivity index (χ1) is 12.6. The highest BCUT2D eigenvalue weighted by Gasteiger charge is 2.49. The zero-order valence-corrected chi connectivity index (χ0v) is 14.5. The Balaban J connectivity index is 1.52. The SMILES string of the molecule is O=C1C(=O)N(C2CCCC2)C(=O)N1CC(=O)N1CCCc2ccccc21. The molecule has 1 saturated heterocycles. The van der Waals surface area contributed by atoms with E-state index >= 15 is 0 Å². The highest BCUT2D eigenvalue weighted by molar-refractivity contribution is 6.45. The maximum atomic E-state index is 12.8. The number of para-hydroxylation sites is 1. The highest BCUT2D eigenvalue weighted by Crippen LogP contribution is 2.29. The van der Waals surface area contributed by atoms with E-state index < -0.39 is 17.8 Å². The van der Waals surface area contributed by atoms with E-state index in [9.17, 15) is 19.2 Å². The van der Waals surface area contributed by atoms with Crippen molar-refractivity contribution in [1.29, 1.82) is 0 Å². The highest BCUT2D eigenvalue weighted by atomic mass is 16.2. The van der Waals surface area contributed by atoms with Crippen LogP contribution in [0.15, 0.2) is 24.3 Å². The first kappa shape index (κ1) is 16.8. The average molecular weight is 355 g/mol. The van der Waals surface area contributed by atoms with Gasteiger partial charge in [0, 0.05) is 18.3 Å². The fraction of sp³-hybridized carbons (Fsp3) is 0.474. The molecule has 0 atom stereocenters. The Morgan fingerprint density at radius 3 is 2.50 bits per heavy atom. The molecule has 4 rings (SSSR count). The number of carbonyl (C=O) groups excluding carboxylic acids is 4. The van der Waals surface area contributed by atoms with Gasteiger partial charge in [0.25, 0.3) is 0 Å². The average Bonchev–Trinajstić information content (AvgIpc) is 3.24. The molecule has 0 unspecified atom stereocenters. The van der Waals surface area contributed by atoms with Crippen LogP contribution in [0.25, 0.3) is 0 Å². The van der Waals surface area contributed by atoms with Gasteiger partial charge >= 0.3 is 17.8 Å². The molecular formula is C19H21N3O4. The number of rotatable bonds is 3. The number of carbonyl (C=O) groups is 4. The van der Waals surface area contributed by atoms with Crippen molar-refractivity contribution in [2.45, 2.75) is 44.6 Å². The summed E-state index contributed by atoms with van der Waals surface area (Å²) in [5.74, 6) is -2.02. The van der Waals surface area contributed by atoms with Crippen LogP contribution in [-0.4, -0.2) is 52.7 Å².